The Kier molecular flexibility index (Phi) is 2.64. The Morgan fingerprint density at radius 1 is 1.33 bits per heavy atom. The van der Waals surface area contributed by atoms with Crippen molar-refractivity contribution < 1.29 is 12.8 Å². The molecule has 1 aromatic heterocycles. The number of rotatable bonds is 0. The fourth-order valence-electron chi connectivity index (χ4n) is 2.43. The highest BCUT2D eigenvalue weighted by Crippen LogP contribution is 2.39. The fraction of sp³-hybridized carbons (Fsp3) is 0.0769. The largest absolute Gasteiger partial charge is 0.397 e. The van der Waals surface area contributed by atoms with Gasteiger partial charge >= 0.3 is 0 Å². The molecule has 0 radical (unpaired) electrons. The van der Waals surface area contributed by atoms with Gasteiger partial charge in [-0.1, -0.05) is 12.1 Å². The third-order valence-electron chi connectivity index (χ3n) is 3.38. The highest BCUT2D eigenvalue weighted by Gasteiger charge is 2.36. The van der Waals surface area contributed by atoms with E-state index in [1.807, 2.05) is 0 Å². The van der Waals surface area contributed by atoms with Crippen LogP contribution in [0.25, 0.3) is 0 Å². The van der Waals surface area contributed by atoms with E-state index < -0.39 is 20.5 Å². The van der Waals surface area contributed by atoms with Crippen LogP contribution in [0.5, 0.6) is 0 Å². The Morgan fingerprint density at radius 3 is 2.71 bits per heavy atom. The first kappa shape index (κ1) is 13.3. The van der Waals surface area contributed by atoms with E-state index in [0.717, 1.165) is 6.07 Å². The summed E-state index contributed by atoms with van der Waals surface area (Å²) in [6, 6.07) is 5.78. The van der Waals surface area contributed by atoms with E-state index in [2.05, 4.69) is 4.98 Å². The van der Waals surface area contributed by atoms with Gasteiger partial charge in [-0.15, -0.1) is 0 Å². The molecule has 4 N–H and O–H groups in total. The molecule has 0 aliphatic carbocycles. The molecule has 1 aliphatic rings. The predicted molar refractivity (Wildman–Crippen MR) is 72.4 cm³/mol. The first-order valence-electron chi connectivity index (χ1n) is 5.88. The van der Waals surface area contributed by atoms with Gasteiger partial charge in [0.25, 0.3) is 0 Å². The average molecular weight is 304 g/mol. The Balaban J connectivity index is 2.43. The van der Waals surface area contributed by atoms with Crippen molar-refractivity contribution in [2.24, 2.45) is 0 Å². The zero-order valence-electron chi connectivity index (χ0n) is 10.6. The van der Waals surface area contributed by atoms with Crippen LogP contribution in [0.4, 0.5) is 15.9 Å². The molecule has 1 aliphatic heterocycles. The molecule has 8 heteroatoms. The number of nitrogen functional groups attached to an aromatic ring is 2. The molecule has 0 fully saturated rings. The first-order valence-corrected chi connectivity index (χ1v) is 7.36. The van der Waals surface area contributed by atoms with Crippen LogP contribution in [0, 0.1) is 17.1 Å². The van der Waals surface area contributed by atoms with E-state index in [1.54, 1.807) is 6.07 Å². The van der Waals surface area contributed by atoms with Gasteiger partial charge in [0, 0.05) is 12.0 Å². The summed E-state index contributed by atoms with van der Waals surface area (Å²) in [5.74, 6) is -1.13. The standard InChI is InChI=1S/C13H9FN4O2S/c14-9-3-1-2-6-4-7-10(16)8(5-15)12(17)18-13(7)21(19,20)11(6)9/h1-3H,4H2,(H4,16,17,18). The van der Waals surface area contributed by atoms with Crippen molar-refractivity contribution in [3.8, 4) is 6.07 Å². The molecule has 0 spiro atoms. The number of hydrogen-bond acceptors (Lipinski definition) is 6. The fourth-order valence-corrected chi connectivity index (χ4v) is 4.16. The van der Waals surface area contributed by atoms with Gasteiger partial charge in [0.1, 0.15) is 28.2 Å². The highest BCUT2D eigenvalue weighted by molar-refractivity contribution is 7.91. The van der Waals surface area contributed by atoms with Gasteiger partial charge in [-0.05, 0) is 11.6 Å². The van der Waals surface area contributed by atoms with Gasteiger partial charge in [0.05, 0.1) is 5.69 Å². The Morgan fingerprint density at radius 2 is 2.05 bits per heavy atom. The van der Waals surface area contributed by atoms with E-state index in [0.29, 0.717) is 0 Å². The minimum atomic E-state index is -4.16. The Hall–Kier alpha value is -2.66. The maximum atomic E-state index is 13.9. The van der Waals surface area contributed by atoms with Crippen LogP contribution in [0.15, 0.2) is 28.1 Å². The van der Waals surface area contributed by atoms with E-state index >= 15 is 0 Å². The number of aromatic nitrogens is 1. The van der Waals surface area contributed by atoms with Crippen molar-refractivity contribution in [2.75, 3.05) is 11.5 Å². The summed E-state index contributed by atoms with van der Waals surface area (Å²) in [7, 11) is -4.16. The SMILES string of the molecule is N#Cc1c(N)nc2c(c1N)Cc1cccc(F)c1S2(=O)=O. The Bertz CT molecular complexity index is 932. The van der Waals surface area contributed by atoms with Crippen molar-refractivity contribution in [3.05, 3.63) is 40.7 Å². The number of anilines is 2. The predicted octanol–water partition coefficient (Wildman–Crippen LogP) is 0.994. The van der Waals surface area contributed by atoms with Crippen LogP contribution in [0.3, 0.4) is 0 Å². The van der Waals surface area contributed by atoms with E-state index in [-0.39, 0.29) is 39.6 Å². The van der Waals surface area contributed by atoms with Crippen molar-refractivity contribution in [2.45, 2.75) is 16.3 Å². The highest BCUT2D eigenvalue weighted by atomic mass is 32.2. The normalized spacial score (nSPS) is 14.9. The van der Waals surface area contributed by atoms with E-state index in [4.69, 9.17) is 16.7 Å². The molecule has 0 atom stereocenters. The van der Waals surface area contributed by atoms with Crippen LogP contribution in [-0.4, -0.2) is 13.4 Å². The molecule has 0 bridgehead atoms. The summed E-state index contributed by atoms with van der Waals surface area (Å²) in [6.07, 6.45) is 0.0788. The lowest BCUT2D eigenvalue weighted by Crippen LogP contribution is -2.21. The topological polar surface area (TPSA) is 123 Å². The smallest absolute Gasteiger partial charge is 0.227 e. The summed E-state index contributed by atoms with van der Waals surface area (Å²) < 4.78 is 38.9. The minimum absolute atomic E-state index is 0.0292. The minimum Gasteiger partial charge on any atom is -0.397 e. The number of pyridine rings is 1. The summed E-state index contributed by atoms with van der Waals surface area (Å²) in [5, 5.41) is 8.63. The third kappa shape index (κ3) is 1.68. The molecular weight excluding hydrogens is 295 g/mol. The molecule has 3 rings (SSSR count). The molecule has 1 aromatic carbocycles. The number of nitriles is 1. The number of benzene rings is 1. The van der Waals surface area contributed by atoms with E-state index in [1.165, 1.54) is 12.1 Å². The lowest BCUT2D eigenvalue weighted by Gasteiger charge is -2.21. The Labute approximate surface area is 119 Å². The second-order valence-electron chi connectivity index (χ2n) is 4.59. The summed E-state index contributed by atoms with van der Waals surface area (Å²) in [5.41, 5.74) is 11.8. The van der Waals surface area contributed by atoms with Crippen LogP contribution in [0.2, 0.25) is 0 Å². The first-order chi connectivity index (χ1) is 9.87. The summed E-state index contributed by atoms with van der Waals surface area (Å²) in [6.45, 7) is 0. The van der Waals surface area contributed by atoms with Crippen LogP contribution in [-0.2, 0) is 16.3 Å². The van der Waals surface area contributed by atoms with Gasteiger partial charge in [-0.25, -0.2) is 17.8 Å². The van der Waals surface area contributed by atoms with Crippen LogP contribution >= 0.6 is 0 Å². The van der Waals surface area contributed by atoms with Crippen molar-refractivity contribution in [3.63, 3.8) is 0 Å². The average Bonchev–Trinajstić information content (AvgIpc) is 2.41. The monoisotopic (exact) mass is 304 g/mol. The summed E-state index contributed by atoms with van der Waals surface area (Å²) in [4.78, 5) is 3.35. The second kappa shape index (κ2) is 4.17. The molecule has 0 unspecified atom stereocenters. The molecule has 6 nitrogen and oxygen atoms in total. The van der Waals surface area contributed by atoms with Gasteiger partial charge in [0.15, 0.2) is 5.03 Å². The lowest BCUT2D eigenvalue weighted by atomic mass is 10.0. The molecular formula is C13H9FN4O2S. The van der Waals surface area contributed by atoms with Crippen molar-refractivity contribution in [1.29, 1.82) is 5.26 Å². The zero-order valence-corrected chi connectivity index (χ0v) is 11.4. The number of hydrogen-bond donors (Lipinski definition) is 2. The molecule has 106 valence electrons. The third-order valence-corrected chi connectivity index (χ3v) is 5.22. The molecule has 0 saturated heterocycles. The van der Waals surface area contributed by atoms with Gasteiger partial charge in [-0.3, -0.25) is 0 Å². The quantitative estimate of drug-likeness (QED) is 0.638. The number of nitrogens with two attached hydrogens (primary N) is 2. The molecule has 0 amide bonds. The molecule has 2 heterocycles. The van der Waals surface area contributed by atoms with Crippen LogP contribution < -0.4 is 11.5 Å². The number of nitrogens with zero attached hydrogens (tertiary/aromatic N) is 2. The summed E-state index contributed by atoms with van der Waals surface area (Å²) >= 11 is 0. The van der Waals surface area contributed by atoms with Crippen molar-refractivity contribution in [1.82, 2.24) is 4.98 Å². The van der Waals surface area contributed by atoms with E-state index in [9.17, 15) is 12.8 Å². The van der Waals surface area contributed by atoms with Gasteiger partial charge in [0.2, 0.25) is 9.84 Å². The van der Waals surface area contributed by atoms with Gasteiger partial charge < -0.3 is 11.5 Å². The molecule has 21 heavy (non-hydrogen) atoms. The van der Waals surface area contributed by atoms with Gasteiger partial charge in [-0.2, -0.15) is 5.26 Å². The molecule has 2 aromatic rings. The van der Waals surface area contributed by atoms with Crippen LogP contribution in [0.1, 0.15) is 16.7 Å². The molecule has 0 saturated carbocycles. The number of fused-ring (bicyclic) bond motifs is 2. The zero-order chi connectivity index (χ0) is 15.4. The number of halogens is 1. The number of sulfone groups is 1. The maximum Gasteiger partial charge on any atom is 0.227 e. The lowest BCUT2D eigenvalue weighted by molar-refractivity contribution is 0.556. The maximum absolute atomic E-state index is 13.9. The van der Waals surface area contributed by atoms with Crippen molar-refractivity contribution >= 4 is 21.3 Å². The second-order valence-corrected chi connectivity index (χ2v) is 6.39.